The maximum absolute atomic E-state index is 11.3. The van der Waals surface area contributed by atoms with Crippen LogP contribution in [0.1, 0.15) is 52.9 Å². The molecular weight excluding hydrogens is 320 g/mol. The molecule has 2 aliphatic carbocycles. The van der Waals surface area contributed by atoms with Gasteiger partial charge in [-0.2, -0.15) is 0 Å². The molecule has 0 amide bonds. The van der Waals surface area contributed by atoms with Gasteiger partial charge in [0.15, 0.2) is 0 Å². The topological polar surface area (TPSA) is 87.0 Å². The highest BCUT2D eigenvalue weighted by Gasteiger charge is 2.57. The van der Waals surface area contributed by atoms with Crippen molar-refractivity contribution in [1.29, 1.82) is 0 Å². The van der Waals surface area contributed by atoms with Crippen molar-refractivity contribution in [2.24, 2.45) is 22.7 Å². The SMILES string of the molecule is C[C@@H]1C[C@H](O)[C@@]2(C)C(CO)=CCC[C@@H]2[C@@]1(C)CCC1=CC(=O)O[C@H]1O. The van der Waals surface area contributed by atoms with Gasteiger partial charge in [0, 0.05) is 17.1 Å². The number of ether oxygens (including phenoxy) is 1. The zero-order valence-corrected chi connectivity index (χ0v) is 15.4. The van der Waals surface area contributed by atoms with Gasteiger partial charge in [-0.1, -0.05) is 26.8 Å². The number of hydrogen-bond donors (Lipinski definition) is 3. The highest BCUT2D eigenvalue weighted by atomic mass is 16.6. The monoisotopic (exact) mass is 350 g/mol. The van der Waals surface area contributed by atoms with E-state index in [1.807, 2.05) is 0 Å². The molecule has 0 aromatic carbocycles. The quantitative estimate of drug-likeness (QED) is 0.535. The van der Waals surface area contributed by atoms with E-state index in [9.17, 15) is 20.1 Å². The zero-order chi connectivity index (χ0) is 18.4. The van der Waals surface area contributed by atoms with Gasteiger partial charge in [0.2, 0.25) is 6.29 Å². The summed E-state index contributed by atoms with van der Waals surface area (Å²) in [4.78, 5) is 11.3. The molecule has 140 valence electrons. The molecule has 5 heteroatoms. The fourth-order valence-electron chi connectivity index (χ4n) is 5.53. The Morgan fingerprint density at radius 3 is 2.64 bits per heavy atom. The lowest BCUT2D eigenvalue weighted by molar-refractivity contribution is -0.151. The van der Waals surface area contributed by atoms with E-state index in [0.29, 0.717) is 24.3 Å². The third-order valence-corrected chi connectivity index (χ3v) is 7.42. The minimum absolute atomic E-state index is 0.0132. The molecule has 0 aromatic heterocycles. The van der Waals surface area contributed by atoms with E-state index in [1.165, 1.54) is 6.08 Å². The van der Waals surface area contributed by atoms with Crippen LogP contribution >= 0.6 is 0 Å². The van der Waals surface area contributed by atoms with E-state index in [0.717, 1.165) is 24.8 Å². The smallest absolute Gasteiger partial charge is 0.333 e. The van der Waals surface area contributed by atoms with E-state index in [4.69, 9.17) is 4.74 Å². The predicted molar refractivity (Wildman–Crippen MR) is 93.3 cm³/mol. The minimum Gasteiger partial charge on any atom is -0.429 e. The summed E-state index contributed by atoms with van der Waals surface area (Å²) in [6.45, 7) is 6.52. The maximum Gasteiger partial charge on any atom is 0.333 e. The molecule has 0 bridgehead atoms. The van der Waals surface area contributed by atoms with Gasteiger partial charge in [-0.25, -0.2) is 4.79 Å². The van der Waals surface area contributed by atoms with Crippen molar-refractivity contribution in [2.75, 3.05) is 6.61 Å². The number of aliphatic hydroxyl groups is 3. The van der Waals surface area contributed by atoms with Crippen LogP contribution in [0.15, 0.2) is 23.3 Å². The molecule has 0 saturated heterocycles. The van der Waals surface area contributed by atoms with Gasteiger partial charge in [0.25, 0.3) is 0 Å². The number of carbonyl (C=O) groups excluding carboxylic acids is 1. The van der Waals surface area contributed by atoms with Crippen molar-refractivity contribution in [3.05, 3.63) is 23.3 Å². The fraction of sp³-hybridized carbons (Fsp3) is 0.750. The fourth-order valence-corrected chi connectivity index (χ4v) is 5.53. The van der Waals surface area contributed by atoms with E-state index in [1.54, 1.807) is 0 Å². The molecular formula is C20H30O5. The second-order valence-electron chi connectivity index (χ2n) is 8.47. The number of aliphatic hydroxyl groups excluding tert-OH is 3. The molecule has 0 unspecified atom stereocenters. The normalized spacial score (nSPS) is 44.0. The Kier molecular flexibility index (Phi) is 4.86. The second kappa shape index (κ2) is 6.53. The van der Waals surface area contributed by atoms with Gasteiger partial charge >= 0.3 is 5.97 Å². The summed E-state index contributed by atoms with van der Waals surface area (Å²) in [5.41, 5.74) is 1.13. The van der Waals surface area contributed by atoms with Gasteiger partial charge in [-0.05, 0) is 54.9 Å². The molecule has 25 heavy (non-hydrogen) atoms. The van der Waals surface area contributed by atoms with Crippen molar-refractivity contribution < 1.29 is 24.9 Å². The van der Waals surface area contributed by atoms with Crippen LogP contribution in [0.25, 0.3) is 0 Å². The summed E-state index contributed by atoms with van der Waals surface area (Å²) in [5.74, 6) is 0.0869. The number of esters is 1. The van der Waals surface area contributed by atoms with Crippen molar-refractivity contribution in [3.63, 3.8) is 0 Å². The molecule has 0 aromatic rings. The van der Waals surface area contributed by atoms with Crippen molar-refractivity contribution >= 4 is 5.97 Å². The van der Waals surface area contributed by atoms with Gasteiger partial charge in [-0.3, -0.25) is 0 Å². The molecule has 3 aliphatic rings. The Morgan fingerprint density at radius 1 is 1.32 bits per heavy atom. The second-order valence-corrected chi connectivity index (χ2v) is 8.47. The third-order valence-electron chi connectivity index (χ3n) is 7.42. The number of rotatable bonds is 4. The Balaban J connectivity index is 1.87. The van der Waals surface area contributed by atoms with Gasteiger partial charge in [0.1, 0.15) is 0 Å². The third kappa shape index (κ3) is 2.86. The van der Waals surface area contributed by atoms with Crippen molar-refractivity contribution in [1.82, 2.24) is 0 Å². The Labute approximate surface area is 149 Å². The van der Waals surface area contributed by atoms with E-state index < -0.39 is 23.8 Å². The van der Waals surface area contributed by atoms with E-state index >= 15 is 0 Å². The minimum atomic E-state index is -1.12. The summed E-state index contributed by atoms with van der Waals surface area (Å²) in [5, 5.41) is 30.5. The summed E-state index contributed by atoms with van der Waals surface area (Å²) in [6.07, 6.45) is 5.92. The molecule has 1 fully saturated rings. The average molecular weight is 350 g/mol. The highest BCUT2D eigenvalue weighted by molar-refractivity contribution is 5.85. The number of carbonyl (C=O) groups is 1. The van der Waals surface area contributed by atoms with Gasteiger partial charge in [-0.15, -0.1) is 0 Å². The number of allylic oxidation sites excluding steroid dienone is 1. The zero-order valence-electron chi connectivity index (χ0n) is 15.4. The number of hydrogen-bond acceptors (Lipinski definition) is 5. The Morgan fingerprint density at radius 2 is 2.04 bits per heavy atom. The van der Waals surface area contributed by atoms with E-state index in [-0.39, 0.29) is 17.9 Å². The Bertz CT molecular complexity index is 609. The van der Waals surface area contributed by atoms with Crippen LogP contribution in [0.4, 0.5) is 0 Å². The maximum atomic E-state index is 11.3. The molecule has 1 saturated carbocycles. The largest absolute Gasteiger partial charge is 0.429 e. The molecule has 3 rings (SSSR count). The molecule has 0 radical (unpaired) electrons. The lowest BCUT2D eigenvalue weighted by Gasteiger charge is -2.60. The van der Waals surface area contributed by atoms with Crippen LogP contribution in [-0.4, -0.2) is 40.3 Å². The van der Waals surface area contributed by atoms with Gasteiger partial charge in [0.05, 0.1) is 12.7 Å². The number of cyclic esters (lactones) is 1. The average Bonchev–Trinajstić information content (AvgIpc) is 2.89. The van der Waals surface area contributed by atoms with Crippen LogP contribution in [0.5, 0.6) is 0 Å². The molecule has 1 heterocycles. The predicted octanol–water partition coefficient (Wildman–Crippen LogP) is 2.31. The first-order valence-corrected chi connectivity index (χ1v) is 9.31. The molecule has 3 N–H and O–H groups in total. The summed E-state index contributed by atoms with van der Waals surface area (Å²) >= 11 is 0. The lowest BCUT2D eigenvalue weighted by Crippen LogP contribution is -2.57. The van der Waals surface area contributed by atoms with Crippen LogP contribution in [0, 0.1) is 22.7 Å². The standard InChI is InChI=1S/C20H30O5/c1-12-9-16(22)20(3)14(11-21)5-4-6-15(20)19(12,2)8-7-13-10-17(23)25-18(13)24/h5,10,12,15-16,18,21-22,24H,4,6-9,11H2,1-3H3/t12-,15-,16+,18-,19+,20+/m1/s1. The van der Waals surface area contributed by atoms with Crippen molar-refractivity contribution in [3.8, 4) is 0 Å². The Hall–Kier alpha value is -1.17. The summed E-state index contributed by atoms with van der Waals surface area (Å²) in [7, 11) is 0. The van der Waals surface area contributed by atoms with Crippen LogP contribution in [0.2, 0.25) is 0 Å². The molecule has 6 atom stereocenters. The summed E-state index contributed by atoms with van der Waals surface area (Å²) in [6, 6.07) is 0. The van der Waals surface area contributed by atoms with Crippen molar-refractivity contribution in [2.45, 2.75) is 65.3 Å². The molecule has 0 spiro atoms. The summed E-state index contributed by atoms with van der Waals surface area (Å²) < 4.78 is 4.79. The molecule has 1 aliphatic heterocycles. The van der Waals surface area contributed by atoms with Crippen LogP contribution < -0.4 is 0 Å². The first-order chi connectivity index (χ1) is 11.7. The van der Waals surface area contributed by atoms with Crippen LogP contribution in [0.3, 0.4) is 0 Å². The first kappa shape index (κ1) is 18.6. The molecule has 5 nitrogen and oxygen atoms in total. The van der Waals surface area contributed by atoms with Crippen LogP contribution in [-0.2, 0) is 9.53 Å². The lowest BCUT2D eigenvalue weighted by atomic mass is 9.46. The van der Waals surface area contributed by atoms with E-state index in [2.05, 4.69) is 26.8 Å². The number of fused-ring (bicyclic) bond motifs is 1. The highest BCUT2D eigenvalue weighted by Crippen LogP contribution is 2.62. The first-order valence-electron chi connectivity index (χ1n) is 9.31. The van der Waals surface area contributed by atoms with Gasteiger partial charge < -0.3 is 20.1 Å².